The van der Waals surface area contributed by atoms with Gasteiger partial charge in [-0.1, -0.05) is 0 Å². The van der Waals surface area contributed by atoms with Crippen molar-refractivity contribution in [1.82, 2.24) is 0 Å². The van der Waals surface area contributed by atoms with Crippen LogP contribution < -0.4 is 9.84 Å². The molecule has 0 radical (unpaired) electrons. The number of hydrogen-bond donors (Lipinski definition) is 1. The molecule has 4 heteroatoms. The third kappa shape index (κ3) is 2.23. The van der Waals surface area contributed by atoms with E-state index in [9.17, 15) is 9.90 Å². The van der Waals surface area contributed by atoms with Gasteiger partial charge in [-0.05, 0) is 12.5 Å². The second-order valence-electron chi connectivity index (χ2n) is 2.41. The van der Waals surface area contributed by atoms with Gasteiger partial charge in [0.15, 0.2) is 0 Å². The molecule has 0 saturated carbocycles. The predicted molar refractivity (Wildman–Crippen MR) is 37.1 cm³/mol. The fourth-order valence-electron chi connectivity index (χ4n) is 0.898. The van der Waals surface area contributed by atoms with Gasteiger partial charge in [-0.15, -0.1) is 0 Å². The first-order valence-corrected chi connectivity index (χ1v) is 3.59. The maximum Gasteiger partial charge on any atom is 0.234 e. The van der Waals surface area contributed by atoms with Gasteiger partial charge in [0.2, 0.25) is 11.9 Å². The van der Waals surface area contributed by atoms with Gasteiger partial charge in [-0.3, -0.25) is 5.21 Å². The summed E-state index contributed by atoms with van der Waals surface area (Å²) in [7, 11) is 0. The summed E-state index contributed by atoms with van der Waals surface area (Å²) in [4.78, 5) is 10.1. The zero-order chi connectivity index (χ0) is 8.97. The lowest BCUT2D eigenvalue weighted by Crippen LogP contribution is -2.35. The summed E-state index contributed by atoms with van der Waals surface area (Å²) in [6, 6.07) is 5.04. The summed E-state index contributed by atoms with van der Waals surface area (Å²) in [6.07, 6.45) is 1.65. The molecule has 1 N–H and O–H groups in total. The van der Waals surface area contributed by atoms with E-state index in [1.807, 2.05) is 0 Å². The number of carboxylic acid groups (broad SMARTS) is 1. The zero-order valence-corrected chi connectivity index (χ0v) is 6.43. The highest BCUT2D eigenvalue weighted by Crippen LogP contribution is 1.94. The monoisotopic (exact) mass is 167 g/mol. The summed E-state index contributed by atoms with van der Waals surface area (Å²) < 4.78 is 0.906. The zero-order valence-electron chi connectivity index (χ0n) is 6.43. The van der Waals surface area contributed by atoms with Crippen molar-refractivity contribution in [3.05, 3.63) is 30.1 Å². The van der Waals surface area contributed by atoms with Crippen LogP contribution in [0.25, 0.3) is 0 Å². The second kappa shape index (κ2) is 3.71. The molecular weight excluding hydrogens is 158 g/mol. The highest BCUT2D eigenvalue weighted by molar-refractivity contribution is 5.64. The number of aryl methyl sites for hydroxylation is 1. The Balaban J connectivity index is 2.63. The smallest absolute Gasteiger partial charge is 0.234 e. The number of aliphatic carboxylic acids is 1. The molecule has 0 bridgehead atoms. The first-order valence-electron chi connectivity index (χ1n) is 3.59. The summed E-state index contributed by atoms with van der Waals surface area (Å²) in [5.74, 6) is -1.11. The van der Waals surface area contributed by atoms with E-state index in [4.69, 9.17) is 5.21 Å². The van der Waals surface area contributed by atoms with Gasteiger partial charge in [0.05, 0.1) is 0 Å². The van der Waals surface area contributed by atoms with Gasteiger partial charge in [0, 0.05) is 29.3 Å². The van der Waals surface area contributed by atoms with Crippen LogP contribution in [0, 0.1) is 0 Å². The molecule has 0 atom stereocenters. The first-order chi connectivity index (χ1) is 5.70. The van der Waals surface area contributed by atoms with E-state index in [1.165, 1.54) is 6.20 Å². The molecule has 0 aliphatic rings. The van der Waals surface area contributed by atoms with E-state index in [-0.39, 0.29) is 12.8 Å². The number of rotatable bonds is 3. The molecule has 1 aromatic rings. The Hall–Kier alpha value is -1.58. The van der Waals surface area contributed by atoms with Crippen molar-refractivity contribution in [2.75, 3.05) is 0 Å². The maximum absolute atomic E-state index is 10.1. The van der Waals surface area contributed by atoms with E-state index < -0.39 is 5.97 Å². The SMILES string of the molecule is O=C([O-])CCc1cccc[n+]1O. The summed E-state index contributed by atoms with van der Waals surface area (Å²) >= 11 is 0. The van der Waals surface area contributed by atoms with Crippen LogP contribution in [0.2, 0.25) is 0 Å². The number of aromatic nitrogens is 1. The van der Waals surface area contributed by atoms with Crippen molar-refractivity contribution in [2.24, 2.45) is 0 Å². The third-order valence-electron chi connectivity index (χ3n) is 1.51. The number of carboxylic acids is 1. The minimum Gasteiger partial charge on any atom is -0.550 e. The third-order valence-corrected chi connectivity index (χ3v) is 1.51. The van der Waals surface area contributed by atoms with Crippen molar-refractivity contribution in [1.29, 1.82) is 0 Å². The van der Waals surface area contributed by atoms with Gasteiger partial charge in [0.1, 0.15) is 0 Å². The van der Waals surface area contributed by atoms with E-state index in [0.29, 0.717) is 5.69 Å². The Kier molecular flexibility index (Phi) is 2.63. The van der Waals surface area contributed by atoms with Crippen molar-refractivity contribution in [3.63, 3.8) is 0 Å². The number of hydrogen-bond acceptors (Lipinski definition) is 3. The van der Waals surface area contributed by atoms with Crippen molar-refractivity contribution in [3.8, 4) is 0 Å². The van der Waals surface area contributed by atoms with Crippen LogP contribution in [-0.4, -0.2) is 11.2 Å². The molecule has 0 aliphatic carbocycles. The number of pyridine rings is 1. The molecule has 64 valence electrons. The largest absolute Gasteiger partial charge is 0.550 e. The average molecular weight is 167 g/mol. The molecule has 0 aliphatic heterocycles. The molecule has 1 rings (SSSR count). The highest BCUT2D eigenvalue weighted by atomic mass is 16.5. The Bertz CT molecular complexity index is 285. The topological polar surface area (TPSA) is 64.2 Å². The molecule has 0 fully saturated rings. The van der Waals surface area contributed by atoms with Crippen LogP contribution >= 0.6 is 0 Å². The molecule has 0 aromatic carbocycles. The highest BCUT2D eigenvalue weighted by Gasteiger charge is 2.06. The lowest BCUT2D eigenvalue weighted by molar-refractivity contribution is -0.909. The van der Waals surface area contributed by atoms with Crippen LogP contribution in [0.1, 0.15) is 12.1 Å². The van der Waals surface area contributed by atoms with E-state index in [2.05, 4.69) is 0 Å². The second-order valence-corrected chi connectivity index (χ2v) is 2.41. The Morgan fingerprint density at radius 3 is 2.92 bits per heavy atom. The minimum atomic E-state index is -1.11. The van der Waals surface area contributed by atoms with Crippen LogP contribution in [0.3, 0.4) is 0 Å². The standard InChI is InChI=1S/C8H9NO3/c10-8(11)5-4-7-3-1-2-6-9(7)12/h1-3,6H,4-5H2,(H-,10,11,12). The van der Waals surface area contributed by atoms with Gasteiger partial charge in [-0.2, -0.15) is 0 Å². The molecule has 0 unspecified atom stereocenters. The van der Waals surface area contributed by atoms with Crippen molar-refractivity contribution in [2.45, 2.75) is 12.8 Å². The Morgan fingerprint density at radius 2 is 2.33 bits per heavy atom. The Morgan fingerprint density at radius 1 is 1.58 bits per heavy atom. The predicted octanol–water partition coefficient (Wildman–Crippen LogP) is -1.11. The average Bonchev–Trinajstić information content (AvgIpc) is 2.03. The maximum atomic E-state index is 10.1. The molecule has 1 heterocycles. The molecule has 1 aromatic heterocycles. The van der Waals surface area contributed by atoms with E-state index in [0.717, 1.165) is 4.73 Å². The normalized spacial score (nSPS) is 9.67. The summed E-state index contributed by atoms with van der Waals surface area (Å²) in [6.45, 7) is 0. The number of carbonyl (C=O) groups excluding carboxylic acids is 1. The number of carbonyl (C=O) groups is 1. The number of nitrogens with zero attached hydrogens (tertiary/aromatic N) is 1. The van der Waals surface area contributed by atoms with Crippen molar-refractivity contribution < 1.29 is 19.8 Å². The van der Waals surface area contributed by atoms with Crippen LogP contribution in [-0.2, 0) is 11.2 Å². The van der Waals surface area contributed by atoms with Crippen LogP contribution in [0.5, 0.6) is 0 Å². The van der Waals surface area contributed by atoms with Gasteiger partial charge in [0.25, 0.3) is 0 Å². The van der Waals surface area contributed by atoms with E-state index in [1.54, 1.807) is 18.2 Å². The lowest BCUT2D eigenvalue weighted by Gasteiger charge is -1.97. The fourth-order valence-corrected chi connectivity index (χ4v) is 0.898. The van der Waals surface area contributed by atoms with E-state index >= 15 is 0 Å². The van der Waals surface area contributed by atoms with Crippen LogP contribution in [0.4, 0.5) is 0 Å². The molecule has 12 heavy (non-hydrogen) atoms. The van der Waals surface area contributed by atoms with Crippen LogP contribution in [0.15, 0.2) is 24.4 Å². The fraction of sp³-hybridized carbons (Fsp3) is 0.250. The quantitative estimate of drug-likeness (QED) is 0.459. The van der Waals surface area contributed by atoms with Gasteiger partial charge < -0.3 is 9.90 Å². The molecule has 0 amide bonds. The first kappa shape index (κ1) is 8.52. The van der Waals surface area contributed by atoms with Crippen molar-refractivity contribution >= 4 is 5.97 Å². The molecule has 0 saturated heterocycles. The molecule has 4 nitrogen and oxygen atoms in total. The summed E-state index contributed by atoms with van der Waals surface area (Å²) in [5, 5.41) is 19.2. The summed E-state index contributed by atoms with van der Waals surface area (Å²) in [5.41, 5.74) is 0.557. The lowest BCUT2D eigenvalue weighted by atomic mass is 10.2. The Labute approximate surface area is 69.7 Å². The molecule has 0 spiro atoms. The molecular formula is C8H9NO3. The van der Waals surface area contributed by atoms with Gasteiger partial charge in [-0.25, -0.2) is 0 Å². The van der Waals surface area contributed by atoms with Gasteiger partial charge >= 0.3 is 0 Å². The minimum absolute atomic E-state index is 0.0788.